The number of carbonyl (C=O) groups is 2. The van der Waals surface area contributed by atoms with Crippen LogP contribution in [0.5, 0.6) is 0 Å². The Kier molecular flexibility index (Phi) is 1.97. The predicted molar refractivity (Wildman–Crippen MR) is 52.2 cm³/mol. The molecule has 0 spiro atoms. The second-order valence-electron chi connectivity index (χ2n) is 3.37. The van der Waals surface area contributed by atoms with Gasteiger partial charge in [-0.05, 0) is 6.92 Å². The molecule has 2 heterocycles. The van der Waals surface area contributed by atoms with Gasteiger partial charge in [-0.2, -0.15) is 0 Å². The standard InChI is InChI=1S/C8H11N5O2/c1-3-4-5(13(2)12-6(3)14)10-8(9)11-7(4)15/h8H,9H2,1-2H3,(H,11,15)(H,12,14). The highest BCUT2D eigenvalue weighted by Crippen LogP contribution is 2.16. The van der Waals surface area contributed by atoms with Gasteiger partial charge >= 0.3 is 0 Å². The molecule has 7 heteroatoms. The van der Waals surface area contributed by atoms with Gasteiger partial charge in [0.1, 0.15) is 0 Å². The molecule has 4 N–H and O–H groups in total. The van der Waals surface area contributed by atoms with Gasteiger partial charge in [0.15, 0.2) is 12.1 Å². The molecular formula is C8H11N5O2. The lowest BCUT2D eigenvalue weighted by atomic mass is 10.0. The zero-order valence-corrected chi connectivity index (χ0v) is 8.37. The number of aliphatic imine (C=N–C) groups is 1. The average molecular weight is 209 g/mol. The fourth-order valence-electron chi connectivity index (χ4n) is 1.53. The Bertz CT molecular complexity index is 411. The van der Waals surface area contributed by atoms with E-state index in [1.807, 2.05) is 0 Å². The summed E-state index contributed by atoms with van der Waals surface area (Å²) in [6.07, 6.45) is -0.762. The molecule has 0 radical (unpaired) electrons. The minimum atomic E-state index is -0.762. The molecule has 2 rings (SSSR count). The molecule has 0 bridgehead atoms. The zero-order valence-electron chi connectivity index (χ0n) is 8.37. The maximum Gasteiger partial charge on any atom is 0.266 e. The van der Waals surface area contributed by atoms with Crippen molar-refractivity contribution < 1.29 is 9.59 Å². The van der Waals surface area contributed by atoms with Crippen LogP contribution >= 0.6 is 0 Å². The van der Waals surface area contributed by atoms with Crippen molar-refractivity contribution in [1.82, 2.24) is 15.8 Å². The van der Waals surface area contributed by atoms with Crippen LogP contribution in [0.4, 0.5) is 0 Å². The van der Waals surface area contributed by atoms with Gasteiger partial charge in [-0.3, -0.25) is 25.8 Å². The number of nitrogens with one attached hydrogen (secondary N) is 2. The molecule has 0 aliphatic carbocycles. The Morgan fingerprint density at radius 2 is 2.07 bits per heavy atom. The number of nitrogens with zero attached hydrogens (tertiary/aromatic N) is 2. The van der Waals surface area contributed by atoms with Crippen molar-refractivity contribution in [3.63, 3.8) is 0 Å². The van der Waals surface area contributed by atoms with E-state index in [4.69, 9.17) is 5.73 Å². The van der Waals surface area contributed by atoms with Gasteiger partial charge in [-0.1, -0.05) is 0 Å². The number of rotatable bonds is 0. The molecule has 0 fully saturated rings. The first-order valence-corrected chi connectivity index (χ1v) is 4.41. The summed E-state index contributed by atoms with van der Waals surface area (Å²) in [4.78, 5) is 27.0. The Morgan fingerprint density at radius 3 is 2.73 bits per heavy atom. The molecule has 1 atom stereocenters. The fourth-order valence-corrected chi connectivity index (χ4v) is 1.53. The number of hydrogen-bond acceptors (Lipinski definition) is 5. The van der Waals surface area contributed by atoms with Crippen LogP contribution in [-0.2, 0) is 9.59 Å². The van der Waals surface area contributed by atoms with Crippen molar-refractivity contribution in [3.8, 4) is 0 Å². The Labute approximate surface area is 86.0 Å². The number of hydrogen-bond donors (Lipinski definition) is 3. The normalized spacial score (nSPS) is 25.7. The van der Waals surface area contributed by atoms with Crippen molar-refractivity contribution >= 4 is 17.6 Å². The monoisotopic (exact) mass is 209 g/mol. The molecule has 2 aliphatic rings. The minimum Gasteiger partial charge on any atom is -0.318 e. The van der Waals surface area contributed by atoms with E-state index in [-0.39, 0.29) is 17.4 Å². The van der Waals surface area contributed by atoms with Crippen LogP contribution in [0.2, 0.25) is 0 Å². The third-order valence-electron chi connectivity index (χ3n) is 2.29. The molecule has 0 aromatic heterocycles. The number of hydrazine groups is 1. The van der Waals surface area contributed by atoms with Crippen LogP contribution in [0.15, 0.2) is 16.1 Å². The summed E-state index contributed by atoms with van der Waals surface area (Å²) >= 11 is 0. The van der Waals surface area contributed by atoms with Gasteiger partial charge in [0.25, 0.3) is 11.8 Å². The Morgan fingerprint density at radius 1 is 1.40 bits per heavy atom. The smallest absolute Gasteiger partial charge is 0.266 e. The topological polar surface area (TPSA) is 99.8 Å². The number of fused-ring (bicyclic) bond motifs is 1. The quantitative estimate of drug-likeness (QED) is 0.431. The number of carbonyl (C=O) groups excluding carboxylic acids is 2. The summed E-state index contributed by atoms with van der Waals surface area (Å²) in [5, 5.41) is 3.83. The van der Waals surface area contributed by atoms with Gasteiger partial charge < -0.3 is 5.32 Å². The van der Waals surface area contributed by atoms with Crippen molar-refractivity contribution in [2.45, 2.75) is 13.2 Å². The average Bonchev–Trinajstić information content (AvgIpc) is 2.13. The van der Waals surface area contributed by atoms with Crippen molar-refractivity contribution in [1.29, 1.82) is 0 Å². The second kappa shape index (κ2) is 3.06. The summed E-state index contributed by atoms with van der Waals surface area (Å²) in [5.74, 6) is -0.285. The van der Waals surface area contributed by atoms with Crippen LogP contribution < -0.4 is 16.5 Å². The lowest BCUT2D eigenvalue weighted by Crippen LogP contribution is -2.57. The van der Waals surface area contributed by atoms with E-state index >= 15 is 0 Å². The maximum atomic E-state index is 11.6. The van der Waals surface area contributed by atoms with Crippen LogP contribution in [-0.4, -0.2) is 36.0 Å². The molecule has 80 valence electrons. The van der Waals surface area contributed by atoms with Crippen LogP contribution in [0.3, 0.4) is 0 Å². The molecule has 0 saturated heterocycles. The van der Waals surface area contributed by atoms with Crippen LogP contribution in [0.1, 0.15) is 6.92 Å². The molecule has 0 saturated carbocycles. The first kappa shape index (κ1) is 9.66. The fraction of sp³-hybridized carbons (Fsp3) is 0.375. The number of nitrogens with two attached hydrogens (primary N) is 1. The summed E-state index contributed by atoms with van der Waals surface area (Å²) in [6.45, 7) is 1.57. The van der Waals surface area contributed by atoms with E-state index in [1.165, 1.54) is 5.01 Å². The summed E-state index contributed by atoms with van der Waals surface area (Å²) in [6, 6.07) is 0. The van der Waals surface area contributed by atoms with Crippen LogP contribution in [0.25, 0.3) is 0 Å². The van der Waals surface area contributed by atoms with Crippen molar-refractivity contribution in [3.05, 3.63) is 11.1 Å². The molecule has 0 aromatic carbocycles. The highest BCUT2D eigenvalue weighted by Gasteiger charge is 2.34. The largest absolute Gasteiger partial charge is 0.318 e. The first-order chi connectivity index (χ1) is 7.00. The molecule has 15 heavy (non-hydrogen) atoms. The minimum absolute atomic E-state index is 0.281. The SMILES string of the molecule is CC1=C2C(=O)NC(N)N=C2N(C)NC1=O. The highest BCUT2D eigenvalue weighted by molar-refractivity contribution is 6.27. The van der Waals surface area contributed by atoms with Crippen molar-refractivity contribution in [2.24, 2.45) is 10.7 Å². The third kappa shape index (κ3) is 1.37. The van der Waals surface area contributed by atoms with E-state index in [9.17, 15) is 9.59 Å². The van der Waals surface area contributed by atoms with E-state index in [1.54, 1.807) is 14.0 Å². The van der Waals surface area contributed by atoms with E-state index in [0.29, 0.717) is 11.4 Å². The lowest BCUT2D eigenvalue weighted by molar-refractivity contribution is -0.123. The number of amides is 2. The lowest BCUT2D eigenvalue weighted by Gasteiger charge is -2.32. The molecular weight excluding hydrogens is 198 g/mol. The number of amidine groups is 1. The molecule has 0 aromatic rings. The van der Waals surface area contributed by atoms with Crippen LogP contribution in [0, 0.1) is 0 Å². The molecule has 1 unspecified atom stereocenters. The van der Waals surface area contributed by atoms with Crippen molar-refractivity contribution in [2.75, 3.05) is 7.05 Å². The number of likely N-dealkylation sites (N-methyl/N-ethyl adjacent to an activating group) is 1. The molecule has 7 nitrogen and oxygen atoms in total. The third-order valence-corrected chi connectivity index (χ3v) is 2.29. The summed E-state index contributed by atoms with van der Waals surface area (Å²) < 4.78 is 0. The maximum absolute atomic E-state index is 11.6. The summed E-state index contributed by atoms with van der Waals surface area (Å²) in [7, 11) is 1.61. The van der Waals surface area contributed by atoms with Gasteiger partial charge in [0, 0.05) is 12.6 Å². The van der Waals surface area contributed by atoms with Gasteiger partial charge in [0.05, 0.1) is 5.57 Å². The van der Waals surface area contributed by atoms with E-state index < -0.39 is 6.29 Å². The second-order valence-corrected chi connectivity index (χ2v) is 3.37. The van der Waals surface area contributed by atoms with Gasteiger partial charge in [-0.15, -0.1) is 0 Å². The molecule has 2 amide bonds. The Balaban J connectivity index is 2.58. The summed E-state index contributed by atoms with van der Waals surface area (Å²) in [5.41, 5.74) is 8.66. The first-order valence-electron chi connectivity index (χ1n) is 4.41. The van der Waals surface area contributed by atoms with E-state index in [0.717, 1.165) is 0 Å². The van der Waals surface area contributed by atoms with Gasteiger partial charge in [-0.25, -0.2) is 4.99 Å². The Hall–Kier alpha value is -1.89. The van der Waals surface area contributed by atoms with Gasteiger partial charge in [0.2, 0.25) is 0 Å². The van der Waals surface area contributed by atoms with E-state index in [2.05, 4.69) is 15.7 Å². The highest BCUT2D eigenvalue weighted by atomic mass is 16.2. The predicted octanol–water partition coefficient (Wildman–Crippen LogP) is -1.95. The zero-order chi connectivity index (χ0) is 11.2. The molecule has 2 aliphatic heterocycles.